The zero-order valence-electron chi connectivity index (χ0n) is 9.25. The van der Waals surface area contributed by atoms with Gasteiger partial charge in [0.15, 0.2) is 0 Å². The number of hydrogen-bond acceptors (Lipinski definition) is 6. The van der Waals surface area contributed by atoms with E-state index in [1.54, 1.807) is 0 Å². The van der Waals surface area contributed by atoms with Gasteiger partial charge in [-0.05, 0) is 6.42 Å². The molecule has 0 fully saturated rings. The highest BCUT2D eigenvalue weighted by Gasteiger charge is 1.85. The van der Waals surface area contributed by atoms with Crippen molar-refractivity contribution in [3.8, 4) is 0 Å². The Morgan fingerprint density at radius 1 is 0.706 bits per heavy atom. The second-order valence-corrected chi connectivity index (χ2v) is 3.49. The third kappa shape index (κ3) is 1060. The molecule has 6 N–H and O–H groups in total. The average molecular weight is 302 g/mol. The van der Waals surface area contributed by atoms with Gasteiger partial charge in [-0.25, -0.2) is 0 Å². The Kier molecular flexibility index (Phi) is 23.5. The summed E-state index contributed by atoms with van der Waals surface area (Å²) in [5.74, 6) is 0. The van der Waals surface area contributed by atoms with Crippen molar-refractivity contribution in [2.24, 2.45) is 0 Å². The second-order valence-electron chi connectivity index (χ2n) is 1.70. The Labute approximate surface area is 100 Å². The van der Waals surface area contributed by atoms with Crippen LogP contribution < -0.4 is 0 Å². The Morgan fingerprint density at radius 2 is 0.824 bits per heavy atom. The molecule has 0 aliphatic rings. The molecule has 17 heavy (non-hydrogen) atoms. The van der Waals surface area contributed by atoms with Gasteiger partial charge in [0.1, 0.15) is 0 Å². The lowest BCUT2D eigenvalue weighted by atomic mass is 10.5. The van der Waals surface area contributed by atoms with Crippen molar-refractivity contribution in [2.75, 3.05) is 13.2 Å². The Morgan fingerprint density at radius 3 is 0.824 bits per heavy atom. The van der Waals surface area contributed by atoms with E-state index < -0.39 is 20.8 Å². The van der Waals surface area contributed by atoms with Crippen LogP contribution in [0, 0.1) is 0 Å². The molecule has 10 nitrogen and oxygen atoms in total. The molecule has 0 atom stereocenters. The molecule has 0 radical (unpaired) electrons. The molecule has 110 valence electrons. The van der Waals surface area contributed by atoms with Crippen molar-refractivity contribution in [3.05, 3.63) is 0 Å². The monoisotopic (exact) mass is 302 g/mol. The maximum Gasteiger partial charge on any atom is 0.394 e. The smallest absolute Gasteiger partial charge is 0.394 e. The fraction of sp³-hybridized carbons (Fsp3) is 1.00. The molecule has 0 aromatic rings. The van der Waals surface area contributed by atoms with Crippen LogP contribution >= 0.6 is 0 Å². The first-order chi connectivity index (χ1) is 7.41. The Balaban J connectivity index is -0.0000000693. The van der Waals surface area contributed by atoms with Crippen LogP contribution in [0.1, 0.15) is 20.3 Å². The van der Waals surface area contributed by atoms with E-state index in [0.717, 1.165) is 0 Å². The lowest BCUT2D eigenvalue weighted by Gasteiger charge is -1.79. The average Bonchev–Trinajstić information content (AvgIpc) is 2.03. The third-order valence-corrected chi connectivity index (χ3v) is 0.316. The van der Waals surface area contributed by atoms with Crippen LogP contribution in [0.15, 0.2) is 0 Å². The van der Waals surface area contributed by atoms with Gasteiger partial charge in [0.25, 0.3) is 0 Å². The lowest BCUT2D eigenvalue weighted by molar-refractivity contribution is 0.221. The third-order valence-electron chi connectivity index (χ3n) is 0.316. The van der Waals surface area contributed by atoms with Gasteiger partial charge >= 0.3 is 20.8 Å². The van der Waals surface area contributed by atoms with Crippen LogP contribution in [0.25, 0.3) is 0 Å². The van der Waals surface area contributed by atoms with E-state index >= 15 is 0 Å². The summed E-state index contributed by atoms with van der Waals surface area (Å²) in [5.41, 5.74) is 0. The zero-order chi connectivity index (χ0) is 15.1. The summed E-state index contributed by atoms with van der Waals surface area (Å²) in [6.45, 7) is 4.19. The first kappa shape index (κ1) is 25.5. The molecule has 0 unspecified atom stereocenters. The van der Waals surface area contributed by atoms with E-state index in [1.807, 2.05) is 13.8 Å². The molecule has 0 rings (SSSR count). The highest BCUT2D eigenvalue weighted by molar-refractivity contribution is 7.80. The summed E-state index contributed by atoms with van der Waals surface area (Å²) in [7, 11) is -9.33. The molecule has 0 saturated heterocycles. The summed E-state index contributed by atoms with van der Waals surface area (Å²) in [6, 6.07) is 0. The second kappa shape index (κ2) is 15.7. The molecular formula is C5H18O10S2. The largest absolute Gasteiger partial charge is 0.396 e. The fourth-order valence-corrected chi connectivity index (χ4v) is 0.0707. The molecule has 0 aliphatic heterocycles. The molecule has 12 heteroatoms. The maximum atomic E-state index is 8.74. The number of aliphatic hydroxyl groups is 2. The first-order valence-electron chi connectivity index (χ1n) is 4.03. The summed E-state index contributed by atoms with van der Waals surface area (Å²) < 4.78 is 63.2. The molecule has 0 aliphatic carbocycles. The van der Waals surface area contributed by atoms with Crippen molar-refractivity contribution in [2.45, 2.75) is 20.3 Å². The zero-order valence-corrected chi connectivity index (χ0v) is 10.9. The van der Waals surface area contributed by atoms with Crippen LogP contribution in [0.2, 0.25) is 0 Å². The van der Waals surface area contributed by atoms with Crippen molar-refractivity contribution in [3.63, 3.8) is 0 Å². The van der Waals surface area contributed by atoms with Gasteiger partial charge < -0.3 is 10.2 Å². The minimum atomic E-state index is -4.67. The van der Waals surface area contributed by atoms with E-state index in [0.29, 0.717) is 6.42 Å². The number of hydrogen-bond donors (Lipinski definition) is 6. The van der Waals surface area contributed by atoms with Gasteiger partial charge in [-0.1, -0.05) is 13.8 Å². The van der Waals surface area contributed by atoms with Crippen LogP contribution in [0.4, 0.5) is 0 Å². The van der Waals surface area contributed by atoms with Gasteiger partial charge in [-0.15, -0.1) is 0 Å². The van der Waals surface area contributed by atoms with E-state index in [1.165, 1.54) is 0 Å². The van der Waals surface area contributed by atoms with Crippen LogP contribution in [-0.4, -0.2) is 58.5 Å². The van der Waals surface area contributed by atoms with Crippen molar-refractivity contribution >= 4 is 20.8 Å². The van der Waals surface area contributed by atoms with Gasteiger partial charge in [0.05, 0.1) is 0 Å². The van der Waals surface area contributed by atoms with Crippen LogP contribution in [0.3, 0.4) is 0 Å². The van der Waals surface area contributed by atoms with Gasteiger partial charge in [-0.2, -0.15) is 16.8 Å². The van der Waals surface area contributed by atoms with Gasteiger partial charge in [0.2, 0.25) is 0 Å². The molecule has 0 amide bonds. The Bertz CT molecular complexity index is 256. The predicted molar refractivity (Wildman–Crippen MR) is 58.5 cm³/mol. The summed E-state index contributed by atoms with van der Waals surface area (Å²) >= 11 is 0. The van der Waals surface area contributed by atoms with Crippen LogP contribution in [0.5, 0.6) is 0 Å². The van der Waals surface area contributed by atoms with E-state index in [9.17, 15) is 0 Å². The quantitative estimate of drug-likeness (QED) is 0.348. The Hall–Kier alpha value is -0.340. The highest BCUT2D eigenvalue weighted by atomic mass is 32.3. The minimum Gasteiger partial charge on any atom is -0.396 e. The van der Waals surface area contributed by atoms with Crippen molar-refractivity contribution < 1.29 is 45.3 Å². The predicted octanol–water partition coefficient (Wildman–Crippen LogP) is -0.918. The van der Waals surface area contributed by atoms with Gasteiger partial charge in [-0.3, -0.25) is 18.2 Å². The molecular weight excluding hydrogens is 284 g/mol. The SMILES string of the molecule is CC.O=S(=O)(O)O.O=S(=O)(O)O.OCCCO. The number of rotatable bonds is 2. The van der Waals surface area contributed by atoms with Gasteiger partial charge in [0, 0.05) is 13.2 Å². The highest BCUT2D eigenvalue weighted by Crippen LogP contribution is 1.65. The summed E-state index contributed by atoms with van der Waals surface area (Å²) in [5, 5.41) is 15.8. The first-order valence-corrected chi connectivity index (χ1v) is 6.82. The normalized spacial score (nSPS) is 9.65. The van der Waals surface area contributed by atoms with E-state index in [4.69, 9.17) is 45.3 Å². The minimum absolute atomic E-state index is 0.0938. The van der Waals surface area contributed by atoms with Crippen molar-refractivity contribution in [1.29, 1.82) is 0 Å². The van der Waals surface area contributed by atoms with E-state index in [-0.39, 0.29) is 13.2 Å². The molecule has 0 bridgehead atoms. The lowest BCUT2D eigenvalue weighted by Crippen LogP contribution is -1.89. The molecule has 0 aromatic heterocycles. The van der Waals surface area contributed by atoms with Crippen molar-refractivity contribution in [1.82, 2.24) is 0 Å². The molecule has 0 spiro atoms. The maximum absolute atomic E-state index is 8.74. The van der Waals surface area contributed by atoms with Crippen LogP contribution in [-0.2, 0) is 20.8 Å². The standard InChI is InChI=1S/C3H8O2.C2H6.2H2O4S/c4-2-1-3-5;1-2;2*1-5(2,3)4/h4-5H,1-3H2;1-2H3;2*(H2,1,2,3,4). The summed E-state index contributed by atoms with van der Waals surface area (Å²) in [4.78, 5) is 0. The fourth-order valence-electron chi connectivity index (χ4n) is 0.0707. The molecule has 0 heterocycles. The number of aliphatic hydroxyl groups excluding tert-OH is 2. The topological polar surface area (TPSA) is 190 Å². The molecule has 0 saturated carbocycles. The molecule has 0 aromatic carbocycles. The van der Waals surface area contributed by atoms with E-state index in [2.05, 4.69) is 0 Å². The summed E-state index contributed by atoms with van der Waals surface area (Å²) in [6.07, 6.45) is 0.500.